The van der Waals surface area contributed by atoms with Crippen LogP contribution in [0.4, 0.5) is 10.2 Å². The summed E-state index contributed by atoms with van der Waals surface area (Å²) in [7, 11) is 0. The van der Waals surface area contributed by atoms with Crippen molar-refractivity contribution in [2.45, 2.75) is 26.8 Å². The van der Waals surface area contributed by atoms with E-state index in [0.717, 1.165) is 55.0 Å². The smallest absolute Gasteiger partial charge is 0.150 e. The van der Waals surface area contributed by atoms with Gasteiger partial charge in [-0.2, -0.15) is 0 Å². The largest absolute Gasteiger partial charge is 0.368 e. The first-order valence-corrected chi connectivity index (χ1v) is 10.8. The minimum atomic E-state index is -0.210. The molecule has 30 heavy (non-hydrogen) atoms. The molecule has 0 unspecified atom stereocenters. The second-order valence-corrected chi connectivity index (χ2v) is 7.59. The van der Waals surface area contributed by atoms with Crippen molar-refractivity contribution in [3.05, 3.63) is 72.2 Å². The summed E-state index contributed by atoms with van der Waals surface area (Å²) in [5, 5.41) is 5.97. The highest BCUT2D eigenvalue weighted by molar-refractivity contribution is 6.11. The van der Waals surface area contributed by atoms with E-state index in [1.807, 2.05) is 18.3 Å². The SMILES string of the molecule is CCN(CC)CCCNc1nccc2c3ccccc3n(Cc3ccc(F)cc3)c12. The van der Waals surface area contributed by atoms with Crippen LogP contribution in [0.1, 0.15) is 25.8 Å². The maximum atomic E-state index is 13.4. The summed E-state index contributed by atoms with van der Waals surface area (Å²) >= 11 is 0. The van der Waals surface area contributed by atoms with Gasteiger partial charge in [-0.25, -0.2) is 9.37 Å². The van der Waals surface area contributed by atoms with Crippen molar-refractivity contribution in [2.24, 2.45) is 0 Å². The Balaban J connectivity index is 1.68. The Morgan fingerprint density at radius 1 is 0.967 bits per heavy atom. The van der Waals surface area contributed by atoms with Gasteiger partial charge in [0.2, 0.25) is 0 Å². The number of rotatable bonds is 9. The van der Waals surface area contributed by atoms with E-state index >= 15 is 0 Å². The number of hydrogen-bond donors (Lipinski definition) is 1. The summed E-state index contributed by atoms with van der Waals surface area (Å²) < 4.78 is 15.7. The highest BCUT2D eigenvalue weighted by atomic mass is 19.1. The Morgan fingerprint density at radius 3 is 2.50 bits per heavy atom. The summed E-state index contributed by atoms with van der Waals surface area (Å²) in [6.45, 7) is 9.19. The predicted molar refractivity (Wildman–Crippen MR) is 124 cm³/mol. The van der Waals surface area contributed by atoms with Crippen molar-refractivity contribution < 1.29 is 4.39 Å². The molecule has 2 heterocycles. The zero-order valence-corrected chi connectivity index (χ0v) is 17.7. The van der Waals surface area contributed by atoms with Crippen LogP contribution >= 0.6 is 0 Å². The molecular formula is C25H29FN4. The number of anilines is 1. The summed E-state index contributed by atoms with van der Waals surface area (Å²) in [6, 6.07) is 17.3. The summed E-state index contributed by atoms with van der Waals surface area (Å²) in [4.78, 5) is 7.10. The molecule has 0 aliphatic heterocycles. The molecule has 0 saturated carbocycles. The van der Waals surface area contributed by atoms with Crippen molar-refractivity contribution in [1.29, 1.82) is 0 Å². The van der Waals surface area contributed by atoms with E-state index in [1.54, 1.807) is 0 Å². The number of benzene rings is 2. The van der Waals surface area contributed by atoms with Gasteiger partial charge in [0.15, 0.2) is 5.82 Å². The lowest BCUT2D eigenvalue weighted by Gasteiger charge is -2.18. The van der Waals surface area contributed by atoms with Crippen LogP contribution in [0, 0.1) is 5.82 Å². The van der Waals surface area contributed by atoms with Gasteiger partial charge in [-0.05, 0) is 55.9 Å². The van der Waals surface area contributed by atoms with Crippen LogP contribution in [0.5, 0.6) is 0 Å². The van der Waals surface area contributed by atoms with Crippen LogP contribution in [0.15, 0.2) is 60.8 Å². The summed E-state index contributed by atoms with van der Waals surface area (Å²) in [5.41, 5.74) is 3.33. The van der Waals surface area contributed by atoms with Crippen molar-refractivity contribution in [1.82, 2.24) is 14.5 Å². The van der Waals surface area contributed by atoms with Gasteiger partial charge >= 0.3 is 0 Å². The van der Waals surface area contributed by atoms with Gasteiger partial charge in [0.25, 0.3) is 0 Å². The van der Waals surface area contributed by atoms with Gasteiger partial charge in [-0.1, -0.05) is 44.2 Å². The zero-order valence-electron chi connectivity index (χ0n) is 17.7. The van der Waals surface area contributed by atoms with Gasteiger partial charge in [0, 0.05) is 35.6 Å². The van der Waals surface area contributed by atoms with Gasteiger partial charge in [0.1, 0.15) is 5.82 Å². The lowest BCUT2D eigenvalue weighted by atomic mass is 10.2. The summed E-state index contributed by atoms with van der Waals surface area (Å²) in [6.07, 6.45) is 2.95. The van der Waals surface area contributed by atoms with Crippen molar-refractivity contribution >= 4 is 27.6 Å². The number of nitrogens with one attached hydrogen (secondary N) is 1. The van der Waals surface area contributed by atoms with Gasteiger partial charge in [-0.3, -0.25) is 0 Å². The molecule has 0 radical (unpaired) electrons. The molecule has 2 aromatic carbocycles. The number of hydrogen-bond acceptors (Lipinski definition) is 3. The van der Waals surface area contributed by atoms with Gasteiger partial charge in [-0.15, -0.1) is 0 Å². The Bertz CT molecular complexity index is 1110. The van der Waals surface area contributed by atoms with Crippen LogP contribution in [-0.4, -0.2) is 40.6 Å². The maximum Gasteiger partial charge on any atom is 0.150 e. The van der Waals surface area contributed by atoms with E-state index in [9.17, 15) is 4.39 Å². The van der Waals surface area contributed by atoms with Crippen molar-refractivity contribution in [3.63, 3.8) is 0 Å². The molecule has 4 rings (SSSR count). The Morgan fingerprint density at radius 2 is 1.73 bits per heavy atom. The third-order valence-electron chi connectivity index (χ3n) is 5.77. The second kappa shape index (κ2) is 9.26. The lowest BCUT2D eigenvalue weighted by Crippen LogP contribution is -2.25. The van der Waals surface area contributed by atoms with Crippen LogP contribution in [0.3, 0.4) is 0 Å². The molecule has 0 saturated heterocycles. The van der Waals surface area contributed by atoms with Crippen LogP contribution in [0.25, 0.3) is 21.8 Å². The number of halogens is 1. The predicted octanol–water partition coefficient (Wildman–Crippen LogP) is 5.52. The standard InChI is InChI=1S/C25H29FN4/c1-3-29(4-2)17-7-15-27-25-24-22(14-16-28-25)21-8-5-6-9-23(21)30(24)18-19-10-12-20(26)13-11-19/h5-6,8-14,16H,3-4,7,15,17-18H2,1-2H3,(H,27,28). The van der Waals surface area contributed by atoms with Gasteiger partial charge < -0.3 is 14.8 Å². The Hall–Kier alpha value is -2.92. The first-order chi connectivity index (χ1) is 14.7. The van der Waals surface area contributed by atoms with E-state index in [0.29, 0.717) is 6.54 Å². The van der Waals surface area contributed by atoms with E-state index in [4.69, 9.17) is 0 Å². The molecule has 4 nitrogen and oxygen atoms in total. The van der Waals surface area contributed by atoms with Gasteiger partial charge in [0.05, 0.1) is 5.52 Å². The quantitative estimate of drug-likeness (QED) is 0.373. The van der Waals surface area contributed by atoms with Crippen molar-refractivity contribution in [3.8, 4) is 0 Å². The molecular weight excluding hydrogens is 375 g/mol. The normalized spacial score (nSPS) is 11.6. The molecule has 0 aliphatic rings. The molecule has 156 valence electrons. The summed E-state index contributed by atoms with van der Waals surface area (Å²) in [5.74, 6) is 0.698. The highest BCUT2D eigenvalue weighted by Gasteiger charge is 2.15. The topological polar surface area (TPSA) is 33.1 Å². The highest BCUT2D eigenvalue weighted by Crippen LogP contribution is 2.33. The van der Waals surface area contributed by atoms with E-state index in [2.05, 4.69) is 63.9 Å². The number of aromatic nitrogens is 2. The fourth-order valence-electron chi connectivity index (χ4n) is 4.12. The van der Waals surface area contributed by atoms with Crippen LogP contribution in [-0.2, 0) is 6.54 Å². The number of para-hydroxylation sites is 1. The average molecular weight is 405 g/mol. The molecule has 0 amide bonds. The molecule has 0 spiro atoms. The molecule has 0 fully saturated rings. The zero-order chi connectivity index (χ0) is 20.9. The molecule has 1 N–H and O–H groups in total. The third kappa shape index (κ3) is 4.17. The molecule has 5 heteroatoms. The third-order valence-corrected chi connectivity index (χ3v) is 5.77. The molecule has 2 aromatic heterocycles. The first-order valence-electron chi connectivity index (χ1n) is 10.8. The fourth-order valence-corrected chi connectivity index (χ4v) is 4.12. The number of pyridine rings is 1. The second-order valence-electron chi connectivity index (χ2n) is 7.59. The minimum Gasteiger partial charge on any atom is -0.368 e. The minimum absolute atomic E-state index is 0.210. The van der Waals surface area contributed by atoms with E-state index in [1.165, 1.54) is 22.9 Å². The fraction of sp³-hybridized carbons (Fsp3) is 0.320. The molecule has 0 aliphatic carbocycles. The molecule has 0 bridgehead atoms. The van der Waals surface area contributed by atoms with E-state index < -0.39 is 0 Å². The number of nitrogens with zero attached hydrogens (tertiary/aromatic N) is 3. The van der Waals surface area contributed by atoms with Crippen molar-refractivity contribution in [2.75, 3.05) is 31.5 Å². The Kier molecular flexibility index (Phi) is 6.29. The average Bonchev–Trinajstić information content (AvgIpc) is 3.10. The maximum absolute atomic E-state index is 13.4. The van der Waals surface area contributed by atoms with Crippen LogP contribution < -0.4 is 5.32 Å². The molecule has 0 atom stereocenters. The first kappa shape index (κ1) is 20.4. The van der Waals surface area contributed by atoms with Crippen LogP contribution in [0.2, 0.25) is 0 Å². The lowest BCUT2D eigenvalue weighted by molar-refractivity contribution is 0.303. The monoisotopic (exact) mass is 404 g/mol. The Labute approximate surface area is 177 Å². The number of fused-ring (bicyclic) bond motifs is 3. The van der Waals surface area contributed by atoms with E-state index in [-0.39, 0.29) is 5.82 Å². The molecule has 4 aromatic rings.